The predicted molar refractivity (Wildman–Crippen MR) is 129 cm³/mol. The van der Waals surface area contributed by atoms with E-state index >= 15 is 0 Å². The van der Waals surface area contributed by atoms with Crippen LogP contribution in [0.2, 0.25) is 0 Å². The minimum Gasteiger partial charge on any atom is -0.381 e. The van der Waals surface area contributed by atoms with E-state index in [9.17, 15) is 0 Å². The molecule has 1 aromatic rings. The molecule has 0 aliphatic carbocycles. The molecule has 0 aromatic heterocycles. The van der Waals surface area contributed by atoms with E-state index in [1.807, 2.05) is 0 Å². The number of benzene rings is 1. The molecule has 1 N–H and O–H groups in total. The Morgan fingerprint density at radius 2 is 2.07 bits per heavy atom. The van der Waals surface area contributed by atoms with Gasteiger partial charge in [-0.05, 0) is 25.8 Å². The van der Waals surface area contributed by atoms with Crippen LogP contribution in [0, 0.1) is 12.8 Å². The fourth-order valence-corrected chi connectivity index (χ4v) is 4.04. The van der Waals surface area contributed by atoms with Crippen molar-refractivity contribution in [3.05, 3.63) is 35.4 Å². The summed E-state index contributed by atoms with van der Waals surface area (Å²) in [5.74, 6) is 1.58. The summed E-state index contributed by atoms with van der Waals surface area (Å²) in [7, 11) is 2.14. The van der Waals surface area contributed by atoms with Crippen molar-refractivity contribution in [2.75, 3.05) is 66.2 Å². The zero-order chi connectivity index (χ0) is 19.8. The van der Waals surface area contributed by atoms with E-state index in [2.05, 4.69) is 60.3 Å². The smallest absolute Gasteiger partial charge is 0.193 e. The third-order valence-electron chi connectivity index (χ3n) is 5.58. The number of ether oxygens (including phenoxy) is 2. The largest absolute Gasteiger partial charge is 0.381 e. The first-order valence-electron chi connectivity index (χ1n) is 10.6. The third kappa shape index (κ3) is 7.38. The molecule has 2 aliphatic heterocycles. The van der Waals surface area contributed by atoms with Crippen molar-refractivity contribution >= 4 is 29.9 Å². The second-order valence-corrected chi connectivity index (χ2v) is 7.88. The van der Waals surface area contributed by atoms with Gasteiger partial charge in [0.1, 0.15) is 0 Å². The van der Waals surface area contributed by atoms with Crippen LogP contribution in [0.4, 0.5) is 0 Å². The third-order valence-corrected chi connectivity index (χ3v) is 5.58. The molecule has 6 nitrogen and oxygen atoms in total. The average Bonchev–Trinajstić information content (AvgIpc) is 3.21. The molecule has 2 heterocycles. The Morgan fingerprint density at radius 1 is 1.28 bits per heavy atom. The number of hydrogen-bond donors (Lipinski definition) is 1. The highest BCUT2D eigenvalue weighted by Crippen LogP contribution is 2.23. The van der Waals surface area contributed by atoms with Crippen LogP contribution in [0.3, 0.4) is 0 Å². The topological polar surface area (TPSA) is 49.3 Å². The van der Waals surface area contributed by atoms with Crippen LogP contribution in [0.5, 0.6) is 0 Å². The van der Waals surface area contributed by atoms with E-state index in [4.69, 9.17) is 14.5 Å². The number of rotatable bonds is 7. The molecule has 0 amide bonds. The van der Waals surface area contributed by atoms with Gasteiger partial charge < -0.3 is 19.7 Å². The van der Waals surface area contributed by atoms with Gasteiger partial charge in [0.05, 0.1) is 32.4 Å². The zero-order valence-corrected chi connectivity index (χ0v) is 20.4. The maximum Gasteiger partial charge on any atom is 0.193 e. The number of nitrogens with zero attached hydrogens (tertiary/aromatic N) is 3. The zero-order valence-electron chi connectivity index (χ0n) is 18.1. The van der Waals surface area contributed by atoms with Crippen LogP contribution < -0.4 is 5.32 Å². The Morgan fingerprint density at radius 3 is 2.72 bits per heavy atom. The first-order valence-corrected chi connectivity index (χ1v) is 10.6. The monoisotopic (exact) mass is 516 g/mol. The number of guanidine groups is 1. The summed E-state index contributed by atoms with van der Waals surface area (Å²) >= 11 is 0. The lowest BCUT2D eigenvalue weighted by Crippen LogP contribution is -2.43. The number of morpholine rings is 1. The lowest BCUT2D eigenvalue weighted by atomic mass is 10.0. The first-order chi connectivity index (χ1) is 13.7. The molecule has 0 bridgehead atoms. The van der Waals surface area contributed by atoms with Crippen molar-refractivity contribution in [3.63, 3.8) is 0 Å². The summed E-state index contributed by atoms with van der Waals surface area (Å²) in [6, 6.07) is 9.11. The van der Waals surface area contributed by atoms with Gasteiger partial charge in [-0.15, -0.1) is 24.0 Å². The van der Waals surface area contributed by atoms with Crippen LogP contribution in [-0.4, -0.2) is 82.0 Å². The normalized spacial score (nSPS) is 21.5. The van der Waals surface area contributed by atoms with Crippen LogP contribution in [-0.2, 0) is 9.47 Å². The molecule has 2 aliphatic rings. The maximum absolute atomic E-state index is 5.58. The van der Waals surface area contributed by atoms with Crippen molar-refractivity contribution in [3.8, 4) is 0 Å². The Bertz CT molecular complexity index is 631. The standard InChI is InChI=1S/C22H36N4O2.HI/c1-4-23-22(25(3)16-19-8-11-28-17-19)24-15-21(26-9-12-27-13-10-26)20-7-5-6-18(2)14-20;/h5-7,14,19,21H,4,8-13,15-17H2,1-3H3,(H,23,24);1H. The van der Waals surface area contributed by atoms with Crippen molar-refractivity contribution in [1.82, 2.24) is 15.1 Å². The highest BCUT2D eigenvalue weighted by molar-refractivity contribution is 14.0. The van der Waals surface area contributed by atoms with E-state index < -0.39 is 0 Å². The van der Waals surface area contributed by atoms with Crippen LogP contribution >= 0.6 is 24.0 Å². The number of aryl methyl sites for hydroxylation is 1. The van der Waals surface area contributed by atoms with E-state index in [1.165, 1.54) is 11.1 Å². The highest BCUT2D eigenvalue weighted by Gasteiger charge is 2.24. The number of hydrogen-bond acceptors (Lipinski definition) is 4. The highest BCUT2D eigenvalue weighted by atomic mass is 127. The fourth-order valence-electron chi connectivity index (χ4n) is 4.04. The van der Waals surface area contributed by atoms with Crippen molar-refractivity contribution in [1.29, 1.82) is 0 Å². The molecule has 2 unspecified atom stereocenters. The average molecular weight is 516 g/mol. The molecule has 164 valence electrons. The molecule has 0 saturated carbocycles. The van der Waals surface area contributed by atoms with Crippen LogP contribution in [0.1, 0.15) is 30.5 Å². The molecule has 29 heavy (non-hydrogen) atoms. The van der Waals surface area contributed by atoms with Crippen molar-refractivity contribution < 1.29 is 9.47 Å². The Labute approximate surface area is 193 Å². The fraction of sp³-hybridized carbons (Fsp3) is 0.682. The van der Waals surface area contributed by atoms with Gasteiger partial charge in [-0.2, -0.15) is 0 Å². The summed E-state index contributed by atoms with van der Waals surface area (Å²) in [4.78, 5) is 9.81. The predicted octanol–water partition coefficient (Wildman–Crippen LogP) is 2.92. The second-order valence-electron chi connectivity index (χ2n) is 7.88. The molecular weight excluding hydrogens is 479 g/mol. The SMILES string of the molecule is CCNC(=NCC(c1cccc(C)c1)N1CCOCC1)N(C)CC1CCOC1.I. The first kappa shape index (κ1) is 24.4. The summed E-state index contributed by atoms with van der Waals surface area (Å²) in [6.45, 7) is 12.2. The summed E-state index contributed by atoms with van der Waals surface area (Å²) < 4.78 is 11.1. The van der Waals surface area contributed by atoms with E-state index in [0.29, 0.717) is 5.92 Å². The second kappa shape index (κ2) is 12.7. The van der Waals surface area contributed by atoms with Gasteiger partial charge >= 0.3 is 0 Å². The molecule has 2 atom stereocenters. The van der Waals surface area contributed by atoms with E-state index in [-0.39, 0.29) is 30.0 Å². The molecule has 0 spiro atoms. The summed E-state index contributed by atoms with van der Waals surface area (Å²) in [5.41, 5.74) is 2.64. The van der Waals surface area contributed by atoms with Gasteiger partial charge in [0.2, 0.25) is 0 Å². The summed E-state index contributed by atoms with van der Waals surface area (Å²) in [5, 5.41) is 3.47. The quantitative estimate of drug-likeness (QED) is 0.343. The van der Waals surface area contributed by atoms with Crippen LogP contribution in [0.25, 0.3) is 0 Å². The Balaban J connectivity index is 0.00000300. The minimum absolute atomic E-state index is 0. The number of halogens is 1. The Kier molecular flexibility index (Phi) is 10.7. The lowest BCUT2D eigenvalue weighted by molar-refractivity contribution is 0.0179. The number of nitrogens with one attached hydrogen (secondary N) is 1. The Hall–Kier alpha value is -0.900. The van der Waals surface area contributed by atoms with Gasteiger partial charge in [-0.25, -0.2) is 0 Å². The molecule has 2 fully saturated rings. The van der Waals surface area contributed by atoms with Crippen LogP contribution in [0.15, 0.2) is 29.3 Å². The van der Waals surface area contributed by atoms with Gasteiger partial charge in [0.15, 0.2) is 5.96 Å². The minimum atomic E-state index is 0. The molecule has 0 radical (unpaired) electrons. The van der Waals surface area contributed by atoms with E-state index in [0.717, 1.165) is 71.5 Å². The van der Waals surface area contributed by atoms with Crippen molar-refractivity contribution in [2.45, 2.75) is 26.3 Å². The molecular formula is C22H37IN4O2. The van der Waals surface area contributed by atoms with E-state index in [1.54, 1.807) is 0 Å². The lowest BCUT2D eigenvalue weighted by Gasteiger charge is -2.34. The molecule has 1 aromatic carbocycles. The van der Waals surface area contributed by atoms with Gasteiger partial charge in [0.25, 0.3) is 0 Å². The van der Waals surface area contributed by atoms with Gasteiger partial charge in [-0.1, -0.05) is 29.8 Å². The maximum atomic E-state index is 5.58. The molecule has 2 saturated heterocycles. The molecule has 3 rings (SSSR count). The van der Waals surface area contributed by atoms with Gasteiger partial charge in [0, 0.05) is 45.8 Å². The summed E-state index contributed by atoms with van der Waals surface area (Å²) in [6.07, 6.45) is 1.14. The van der Waals surface area contributed by atoms with Crippen molar-refractivity contribution in [2.24, 2.45) is 10.9 Å². The molecule has 7 heteroatoms. The van der Waals surface area contributed by atoms with Gasteiger partial charge in [-0.3, -0.25) is 9.89 Å². The number of aliphatic imine (C=N–C) groups is 1.